The molecule has 0 unspecified atom stereocenters. The number of hydrogen-bond donors (Lipinski definition) is 1. The molecule has 8 nitrogen and oxygen atoms in total. The van der Waals surface area contributed by atoms with Crippen LogP contribution < -0.4 is 10.2 Å². The molecule has 0 radical (unpaired) electrons. The number of aromatic nitrogens is 5. The Kier molecular flexibility index (Phi) is 3.56. The standard InChI is InChI=1S/C16H17N7O/c1-22-14-13(20-21-22)15(19-10-18-14)23-8-12(9-23)16(24)17-7-11-5-3-2-4-6-11/h2-6,10,12H,7-9H2,1H3,(H,17,24). The predicted molar refractivity (Wildman–Crippen MR) is 88.1 cm³/mol. The third kappa shape index (κ3) is 2.55. The van der Waals surface area contributed by atoms with E-state index >= 15 is 0 Å². The molecule has 1 amide bonds. The number of nitrogens with one attached hydrogen (secondary N) is 1. The molecule has 1 aromatic carbocycles. The monoisotopic (exact) mass is 323 g/mol. The maximum Gasteiger partial charge on any atom is 0.226 e. The molecule has 1 fully saturated rings. The van der Waals surface area contributed by atoms with Crippen LogP contribution in [0.15, 0.2) is 36.7 Å². The minimum Gasteiger partial charge on any atom is -0.353 e. The first-order chi connectivity index (χ1) is 11.7. The molecular weight excluding hydrogens is 306 g/mol. The lowest BCUT2D eigenvalue weighted by atomic mass is 9.99. The van der Waals surface area contributed by atoms with Gasteiger partial charge in [0.2, 0.25) is 5.91 Å². The Morgan fingerprint density at radius 2 is 2.04 bits per heavy atom. The maximum atomic E-state index is 12.2. The third-order valence-corrected chi connectivity index (χ3v) is 4.23. The van der Waals surface area contributed by atoms with Gasteiger partial charge in [0.25, 0.3) is 0 Å². The van der Waals surface area contributed by atoms with Gasteiger partial charge >= 0.3 is 0 Å². The number of benzene rings is 1. The van der Waals surface area contributed by atoms with E-state index in [4.69, 9.17) is 0 Å². The van der Waals surface area contributed by atoms with Gasteiger partial charge in [-0.1, -0.05) is 35.5 Å². The quantitative estimate of drug-likeness (QED) is 0.752. The zero-order valence-electron chi connectivity index (χ0n) is 13.3. The van der Waals surface area contributed by atoms with Crippen LogP contribution in [-0.4, -0.2) is 44.0 Å². The zero-order valence-corrected chi connectivity index (χ0v) is 13.3. The number of fused-ring (bicyclic) bond motifs is 1. The number of hydrogen-bond acceptors (Lipinski definition) is 6. The molecule has 4 rings (SSSR count). The van der Waals surface area contributed by atoms with Crippen molar-refractivity contribution in [3.8, 4) is 0 Å². The molecular formula is C16H17N7O. The van der Waals surface area contributed by atoms with Crippen LogP contribution in [0.4, 0.5) is 5.82 Å². The average molecular weight is 323 g/mol. The Hall–Kier alpha value is -3.03. The van der Waals surface area contributed by atoms with Gasteiger partial charge in [0.05, 0.1) is 5.92 Å². The highest BCUT2D eigenvalue weighted by atomic mass is 16.2. The van der Waals surface area contributed by atoms with E-state index in [1.54, 1.807) is 11.7 Å². The minimum absolute atomic E-state index is 0.0320. The van der Waals surface area contributed by atoms with Gasteiger partial charge in [0, 0.05) is 26.7 Å². The third-order valence-electron chi connectivity index (χ3n) is 4.23. The lowest BCUT2D eigenvalue weighted by molar-refractivity contribution is -0.125. The first kappa shape index (κ1) is 14.6. The first-order valence-corrected chi connectivity index (χ1v) is 7.79. The highest BCUT2D eigenvalue weighted by Gasteiger charge is 2.34. The smallest absolute Gasteiger partial charge is 0.226 e. The van der Waals surface area contributed by atoms with E-state index in [1.807, 2.05) is 35.2 Å². The number of aryl methyl sites for hydroxylation is 1. The minimum atomic E-state index is -0.0320. The van der Waals surface area contributed by atoms with E-state index in [0.29, 0.717) is 30.8 Å². The molecule has 1 aliphatic rings. The summed E-state index contributed by atoms with van der Waals surface area (Å²) >= 11 is 0. The number of carbonyl (C=O) groups excluding carboxylic acids is 1. The van der Waals surface area contributed by atoms with E-state index in [-0.39, 0.29) is 11.8 Å². The Balaban J connectivity index is 1.38. The number of rotatable bonds is 4. The van der Waals surface area contributed by atoms with Crippen LogP contribution in [0.2, 0.25) is 0 Å². The first-order valence-electron chi connectivity index (χ1n) is 7.79. The number of carbonyl (C=O) groups is 1. The van der Waals surface area contributed by atoms with Gasteiger partial charge in [0.1, 0.15) is 6.33 Å². The van der Waals surface area contributed by atoms with Crippen molar-refractivity contribution in [3.63, 3.8) is 0 Å². The highest BCUT2D eigenvalue weighted by molar-refractivity contribution is 5.86. The van der Waals surface area contributed by atoms with Crippen molar-refractivity contribution in [1.82, 2.24) is 30.3 Å². The number of amides is 1. The van der Waals surface area contributed by atoms with Crippen molar-refractivity contribution < 1.29 is 4.79 Å². The second kappa shape index (κ2) is 5.88. The summed E-state index contributed by atoms with van der Waals surface area (Å²) in [5.74, 6) is 0.773. The Morgan fingerprint density at radius 3 is 2.83 bits per heavy atom. The highest BCUT2D eigenvalue weighted by Crippen LogP contribution is 2.27. The van der Waals surface area contributed by atoms with Crippen molar-refractivity contribution >= 4 is 22.9 Å². The largest absolute Gasteiger partial charge is 0.353 e. The van der Waals surface area contributed by atoms with Crippen molar-refractivity contribution in [2.24, 2.45) is 13.0 Å². The lowest BCUT2D eigenvalue weighted by Crippen LogP contribution is -2.54. The summed E-state index contributed by atoms with van der Waals surface area (Å²) in [5, 5.41) is 11.1. The molecule has 0 bridgehead atoms. The normalized spacial score (nSPS) is 14.6. The zero-order chi connectivity index (χ0) is 16.5. The Bertz CT molecular complexity index is 871. The fourth-order valence-electron chi connectivity index (χ4n) is 2.82. The van der Waals surface area contributed by atoms with Crippen LogP contribution in [0.1, 0.15) is 5.56 Å². The Morgan fingerprint density at radius 1 is 1.25 bits per heavy atom. The summed E-state index contributed by atoms with van der Waals surface area (Å²) in [7, 11) is 1.79. The molecule has 2 aromatic heterocycles. The summed E-state index contributed by atoms with van der Waals surface area (Å²) in [6.45, 7) is 1.81. The van der Waals surface area contributed by atoms with Crippen LogP contribution in [0, 0.1) is 5.92 Å². The molecule has 1 N–H and O–H groups in total. The van der Waals surface area contributed by atoms with Crippen molar-refractivity contribution in [3.05, 3.63) is 42.2 Å². The topological polar surface area (TPSA) is 88.8 Å². The van der Waals surface area contributed by atoms with Gasteiger partial charge in [-0.05, 0) is 5.56 Å². The van der Waals surface area contributed by atoms with Crippen LogP contribution >= 0.6 is 0 Å². The molecule has 3 heterocycles. The number of nitrogens with zero attached hydrogens (tertiary/aromatic N) is 6. The van der Waals surface area contributed by atoms with E-state index < -0.39 is 0 Å². The van der Waals surface area contributed by atoms with Crippen molar-refractivity contribution in [2.45, 2.75) is 6.54 Å². The van der Waals surface area contributed by atoms with Crippen LogP contribution in [0.25, 0.3) is 11.2 Å². The molecule has 0 spiro atoms. The number of anilines is 1. The SMILES string of the molecule is Cn1nnc2c(N3CC(C(=O)NCc4ccccc4)C3)ncnc21. The van der Waals surface area contributed by atoms with Gasteiger partial charge in [0.15, 0.2) is 17.0 Å². The van der Waals surface area contributed by atoms with Gasteiger partial charge in [-0.3, -0.25) is 4.79 Å². The maximum absolute atomic E-state index is 12.2. The molecule has 24 heavy (non-hydrogen) atoms. The second-order valence-electron chi connectivity index (χ2n) is 5.89. The van der Waals surface area contributed by atoms with Gasteiger partial charge in [-0.25, -0.2) is 14.6 Å². The molecule has 3 aromatic rings. The van der Waals surface area contributed by atoms with Gasteiger partial charge in [-0.15, -0.1) is 5.10 Å². The molecule has 8 heteroatoms. The summed E-state index contributed by atoms with van der Waals surface area (Å²) in [4.78, 5) is 22.8. The fraction of sp³-hybridized carbons (Fsp3) is 0.312. The Labute approximate surface area is 138 Å². The molecule has 0 aliphatic carbocycles. The predicted octanol–water partition coefficient (Wildman–Crippen LogP) is 0.511. The average Bonchev–Trinajstić information content (AvgIpc) is 2.95. The summed E-state index contributed by atoms with van der Waals surface area (Å²) < 4.78 is 1.62. The van der Waals surface area contributed by atoms with E-state index in [1.165, 1.54) is 6.33 Å². The molecule has 0 saturated carbocycles. The van der Waals surface area contributed by atoms with E-state index in [2.05, 4.69) is 25.6 Å². The van der Waals surface area contributed by atoms with Crippen LogP contribution in [-0.2, 0) is 18.4 Å². The van der Waals surface area contributed by atoms with E-state index in [9.17, 15) is 4.79 Å². The van der Waals surface area contributed by atoms with Crippen molar-refractivity contribution in [1.29, 1.82) is 0 Å². The van der Waals surface area contributed by atoms with Crippen molar-refractivity contribution in [2.75, 3.05) is 18.0 Å². The molecule has 0 atom stereocenters. The fourth-order valence-corrected chi connectivity index (χ4v) is 2.82. The second-order valence-corrected chi connectivity index (χ2v) is 5.89. The van der Waals surface area contributed by atoms with Gasteiger partial charge in [-0.2, -0.15) is 0 Å². The summed E-state index contributed by atoms with van der Waals surface area (Å²) in [5.41, 5.74) is 2.46. The molecule has 122 valence electrons. The molecule has 1 aliphatic heterocycles. The molecule has 1 saturated heterocycles. The van der Waals surface area contributed by atoms with Gasteiger partial charge < -0.3 is 10.2 Å². The van der Waals surface area contributed by atoms with E-state index in [0.717, 1.165) is 11.4 Å². The lowest BCUT2D eigenvalue weighted by Gasteiger charge is -2.38. The van der Waals surface area contributed by atoms with Crippen LogP contribution in [0.3, 0.4) is 0 Å². The summed E-state index contributed by atoms with van der Waals surface area (Å²) in [6, 6.07) is 9.89. The van der Waals surface area contributed by atoms with Crippen LogP contribution in [0.5, 0.6) is 0 Å². The summed E-state index contributed by atoms with van der Waals surface area (Å²) in [6.07, 6.45) is 1.50.